The highest BCUT2D eigenvalue weighted by molar-refractivity contribution is 4.65. The number of rotatable bonds is 6. The van der Waals surface area contributed by atoms with Crippen molar-refractivity contribution in [3.05, 3.63) is 18.7 Å². The molecule has 0 saturated carbocycles. The minimum atomic E-state index is 0. The molecule has 0 amide bonds. The number of nitrogens with zero attached hydrogens (tertiary/aromatic N) is 2. The molecule has 0 aliphatic heterocycles. The van der Waals surface area contributed by atoms with Gasteiger partial charge in [0.25, 0.3) is 0 Å². The van der Waals surface area contributed by atoms with Gasteiger partial charge in [-0.2, -0.15) is 0 Å². The molecule has 0 atom stereocenters. The molecule has 0 bridgehead atoms. The van der Waals surface area contributed by atoms with Crippen molar-refractivity contribution in [2.24, 2.45) is 12.8 Å². The molecule has 0 saturated heterocycles. The second-order valence-electron chi connectivity index (χ2n) is 3.52. The van der Waals surface area contributed by atoms with Crippen molar-refractivity contribution in [2.45, 2.75) is 32.2 Å². The SMILES string of the molecule is C[n+]1ccn(CCCCCCN)c1.[Br-]. The maximum Gasteiger partial charge on any atom is 0.243 e. The van der Waals surface area contributed by atoms with Gasteiger partial charge >= 0.3 is 0 Å². The number of aromatic nitrogens is 2. The summed E-state index contributed by atoms with van der Waals surface area (Å²) < 4.78 is 4.29. The predicted octanol–water partition coefficient (Wildman–Crippen LogP) is -2.16. The highest BCUT2D eigenvalue weighted by atomic mass is 79.9. The summed E-state index contributed by atoms with van der Waals surface area (Å²) in [7, 11) is 2.05. The van der Waals surface area contributed by atoms with Gasteiger partial charge in [0.1, 0.15) is 12.4 Å². The molecule has 0 aromatic carbocycles. The molecule has 1 rings (SSSR count). The molecule has 4 heteroatoms. The summed E-state index contributed by atoms with van der Waals surface area (Å²) in [6.45, 7) is 1.96. The molecule has 0 aliphatic rings. The van der Waals surface area contributed by atoms with E-state index in [0.717, 1.165) is 13.1 Å². The molecular formula is C10H20BrN3. The molecule has 1 heterocycles. The van der Waals surface area contributed by atoms with E-state index in [1.165, 1.54) is 25.7 Å². The fourth-order valence-electron chi connectivity index (χ4n) is 1.43. The molecule has 2 N–H and O–H groups in total. The molecule has 0 unspecified atom stereocenters. The van der Waals surface area contributed by atoms with E-state index >= 15 is 0 Å². The van der Waals surface area contributed by atoms with Crippen LogP contribution in [-0.4, -0.2) is 11.1 Å². The normalized spacial score (nSPS) is 9.86. The molecule has 0 spiro atoms. The van der Waals surface area contributed by atoms with E-state index in [1.54, 1.807) is 0 Å². The van der Waals surface area contributed by atoms with Crippen LogP contribution < -0.4 is 27.3 Å². The van der Waals surface area contributed by atoms with Crippen molar-refractivity contribution < 1.29 is 21.5 Å². The van der Waals surface area contributed by atoms with Crippen molar-refractivity contribution in [1.82, 2.24) is 4.57 Å². The Morgan fingerprint density at radius 2 is 1.93 bits per heavy atom. The van der Waals surface area contributed by atoms with E-state index in [4.69, 9.17) is 5.73 Å². The monoisotopic (exact) mass is 261 g/mol. The van der Waals surface area contributed by atoms with Gasteiger partial charge in [-0.25, -0.2) is 9.13 Å². The van der Waals surface area contributed by atoms with Crippen LogP contribution in [0.25, 0.3) is 0 Å². The average Bonchev–Trinajstić information content (AvgIpc) is 2.51. The van der Waals surface area contributed by atoms with Crippen LogP contribution in [0.4, 0.5) is 0 Å². The highest BCUT2D eigenvalue weighted by Gasteiger charge is 1.98. The predicted molar refractivity (Wildman–Crippen MR) is 53.1 cm³/mol. The number of hydrogen-bond donors (Lipinski definition) is 1. The second kappa shape index (κ2) is 8.00. The first-order valence-electron chi connectivity index (χ1n) is 5.04. The zero-order valence-electron chi connectivity index (χ0n) is 8.82. The summed E-state index contributed by atoms with van der Waals surface area (Å²) in [6.07, 6.45) is 11.3. The zero-order valence-corrected chi connectivity index (χ0v) is 10.4. The number of hydrogen-bond acceptors (Lipinski definition) is 1. The van der Waals surface area contributed by atoms with E-state index in [1.807, 2.05) is 7.05 Å². The van der Waals surface area contributed by atoms with Gasteiger partial charge in [-0.1, -0.05) is 6.42 Å². The summed E-state index contributed by atoms with van der Waals surface area (Å²) in [4.78, 5) is 0. The van der Waals surface area contributed by atoms with Crippen molar-refractivity contribution in [2.75, 3.05) is 6.54 Å². The molecule has 3 nitrogen and oxygen atoms in total. The first kappa shape index (κ1) is 13.7. The van der Waals surface area contributed by atoms with E-state index in [-0.39, 0.29) is 17.0 Å². The van der Waals surface area contributed by atoms with Crippen molar-refractivity contribution in [1.29, 1.82) is 0 Å². The fraction of sp³-hybridized carbons (Fsp3) is 0.700. The minimum Gasteiger partial charge on any atom is -1.00 e. The van der Waals surface area contributed by atoms with Crippen LogP contribution in [0.1, 0.15) is 25.7 Å². The Hall–Kier alpha value is -0.350. The van der Waals surface area contributed by atoms with Crippen molar-refractivity contribution in [3.63, 3.8) is 0 Å². The number of nitrogens with two attached hydrogens (primary N) is 1. The maximum absolute atomic E-state index is 5.42. The van der Waals surface area contributed by atoms with Gasteiger partial charge in [-0.15, -0.1) is 0 Å². The van der Waals surface area contributed by atoms with Gasteiger partial charge in [0.05, 0.1) is 13.6 Å². The van der Waals surface area contributed by atoms with Crippen LogP contribution in [0, 0.1) is 0 Å². The third-order valence-electron chi connectivity index (χ3n) is 2.19. The van der Waals surface area contributed by atoms with Gasteiger partial charge in [0.2, 0.25) is 6.33 Å². The molecule has 1 aromatic rings. The van der Waals surface area contributed by atoms with Crippen LogP contribution >= 0.6 is 0 Å². The van der Waals surface area contributed by atoms with E-state index in [2.05, 4.69) is 27.9 Å². The average molecular weight is 262 g/mol. The lowest BCUT2D eigenvalue weighted by Crippen LogP contribution is -3.00. The van der Waals surface area contributed by atoms with Crippen molar-refractivity contribution in [3.8, 4) is 0 Å². The molecule has 0 radical (unpaired) electrons. The third kappa shape index (κ3) is 5.40. The molecule has 1 aromatic heterocycles. The van der Waals surface area contributed by atoms with Gasteiger partial charge in [0, 0.05) is 0 Å². The van der Waals surface area contributed by atoms with Crippen molar-refractivity contribution >= 4 is 0 Å². The summed E-state index contributed by atoms with van der Waals surface area (Å²) >= 11 is 0. The smallest absolute Gasteiger partial charge is 0.243 e. The van der Waals surface area contributed by atoms with E-state index in [9.17, 15) is 0 Å². The first-order chi connectivity index (χ1) is 6.33. The Labute approximate surface area is 96.7 Å². The Morgan fingerprint density at radius 1 is 1.21 bits per heavy atom. The molecular weight excluding hydrogens is 242 g/mol. The number of halogens is 1. The maximum atomic E-state index is 5.42. The summed E-state index contributed by atoms with van der Waals surface area (Å²) in [6, 6.07) is 0. The Morgan fingerprint density at radius 3 is 2.50 bits per heavy atom. The summed E-state index contributed by atoms with van der Waals surface area (Å²) in [5, 5.41) is 0. The molecule has 14 heavy (non-hydrogen) atoms. The van der Waals surface area contributed by atoms with Gasteiger partial charge in [-0.3, -0.25) is 0 Å². The second-order valence-corrected chi connectivity index (χ2v) is 3.52. The van der Waals surface area contributed by atoms with E-state index in [0.29, 0.717) is 0 Å². The quantitative estimate of drug-likeness (QED) is 0.460. The third-order valence-corrected chi connectivity index (χ3v) is 2.19. The lowest BCUT2D eigenvalue weighted by Gasteiger charge is -1.97. The summed E-state index contributed by atoms with van der Waals surface area (Å²) in [5.41, 5.74) is 5.42. The van der Waals surface area contributed by atoms with Crippen LogP contribution in [-0.2, 0) is 13.6 Å². The molecule has 82 valence electrons. The molecule has 0 aliphatic carbocycles. The number of imidazole rings is 1. The van der Waals surface area contributed by atoms with Crippen LogP contribution in [0.15, 0.2) is 18.7 Å². The molecule has 0 fully saturated rings. The Balaban J connectivity index is 0.00000169. The standard InChI is InChI=1S/C10H20N3.BrH/c1-12-8-9-13(10-12)7-5-3-2-4-6-11;/h8-10H,2-7,11H2,1H3;1H/q+1;/p-1. The zero-order chi connectivity index (χ0) is 9.52. The van der Waals surface area contributed by atoms with Crippen LogP contribution in [0.2, 0.25) is 0 Å². The number of unbranched alkanes of at least 4 members (excludes halogenated alkanes) is 3. The topological polar surface area (TPSA) is 34.8 Å². The van der Waals surface area contributed by atoms with E-state index < -0.39 is 0 Å². The van der Waals surface area contributed by atoms with Crippen LogP contribution in [0.5, 0.6) is 0 Å². The lowest BCUT2D eigenvalue weighted by molar-refractivity contribution is -0.671. The van der Waals surface area contributed by atoms with Crippen LogP contribution in [0.3, 0.4) is 0 Å². The summed E-state index contributed by atoms with van der Waals surface area (Å²) in [5.74, 6) is 0. The number of aryl methyl sites for hydroxylation is 2. The van der Waals surface area contributed by atoms with Gasteiger partial charge < -0.3 is 22.7 Å². The lowest BCUT2D eigenvalue weighted by atomic mass is 10.2. The van der Waals surface area contributed by atoms with Gasteiger partial charge in [-0.05, 0) is 25.8 Å². The largest absolute Gasteiger partial charge is 1.00 e. The van der Waals surface area contributed by atoms with Gasteiger partial charge in [0.15, 0.2) is 0 Å². The first-order valence-corrected chi connectivity index (χ1v) is 5.04. The Kier molecular flexibility index (Phi) is 7.80. The fourth-order valence-corrected chi connectivity index (χ4v) is 1.43. The minimum absolute atomic E-state index is 0. The Bertz CT molecular complexity index is 235. The highest BCUT2D eigenvalue weighted by Crippen LogP contribution is 2.00.